The molecule has 1 aromatic carbocycles. The van der Waals surface area contributed by atoms with E-state index in [1.54, 1.807) is 19.2 Å². The number of nitrogens with zero attached hydrogens (tertiary/aromatic N) is 3. The van der Waals surface area contributed by atoms with Gasteiger partial charge in [-0.05, 0) is 30.7 Å². The summed E-state index contributed by atoms with van der Waals surface area (Å²) < 4.78 is 7.03. The summed E-state index contributed by atoms with van der Waals surface area (Å²) in [6, 6.07) is 6.78. The molecule has 0 aliphatic carbocycles. The van der Waals surface area contributed by atoms with Gasteiger partial charge < -0.3 is 10.1 Å². The highest BCUT2D eigenvalue weighted by Crippen LogP contribution is 2.25. The van der Waals surface area contributed by atoms with Crippen LogP contribution in [0.5, 0.6) is 0 Å². The summed E-state index contributed by atoms with van der Waals surface area (Å²) in [5.74, 6) is 0.306. The van der Waals surface area contributed by atoms with E-state index in [0.29, 0.717) is 35.7 Å². The van der Waals surface area contributed by atoms with Gasteiger partial charge in [-0.1, -0.05) is 30.3 Å². The summed E-state index contributed by atoms with van der Waals surface area (Å²) in [6.07, 6.45) is 0.798. The second kappa shape index (κ2) is 10.9. The number of benzene rings is 1. The number of thioether (sulfide) groups is 1. The lowest BCUT2D eigenvalue weighted by molar-refractivity contribution is -0.117. The third-order valence-corrected chi connectivity index (χ3v) is 4.68. The van der Waals surface area contributed by atoms with E-state index in [-0.39, 0.29) is 5.75 Å². The van der Waals surface area contributed by atoms with Crippen LogP contribution in [-0.2, 0) is 16.1 Å². The predicted molar refractivity (Wildman–Crippen MR) is 105 cm³/mol. The molecule has 3 amide bonds. The van der Waals surface area contributed by atoms with Crippen LogP contribution in [0.4, 0.5) is 4.79 Å². The zero-order valence-electron chi connectivity index (χ0n) is 15.2. The van der Waals surface area contributed by atoms with Gasteiger partial charge in [0.05, 0.1) is 18.9 Å². The number of urea groups is 1. The number of carbonyl (C=O) groups is 2. The third-order valence-electron chi connectivity index (χ3n) is 3.46. The maximum Gasteiger partial charge on any atom is 0.321 e. The quantitative estimate of drug-likeness (QED) is 0.615. The largest absolute Gasteiger partial charge is 0.383 e. The minimum Gasteiger partial charge on any atom is -0.383 e. The van der Waals surface area contributed by atoms with Crippen molar-refractivity contribution in [3.63, 3.8) is 0 Å². The summed E-state index contributed by atoms with van der Waals surface area (Å²) in [7, 11) is 1.61. The second-order valence-electron chi connectivity index (χ2n) is 5.55. The number of aromatic nitrogens is 3. The zero-order valence-corrected chi connectivity index (χ0v) is 16.8. The first-order valence-corrected chi connectivity index (χ1v) is 9.80. The van der Waals surface area contributed by atoms with Crippen molar-refractivity contribution in [1.29, 1.82) is 0 Å². The molecule has 0 aliphatic heterocycles. The van der Waals surface area contributed by atoms with Crippen LogP contribution in [0.25, 0.3) is 11.4 Å². The maximum absolute atomic E-state index is 11.9. The van der Waals surface area contributed by atoms with Crippen LogP contribution in [0.3, 0.4) is 0 Å². The molecule has 0 spiro atoms. The Bertz CT molecular complexity index is 766. The number of amides is 3. The standard InChI is InChI=1S/C17H22ClN5O3S/c1-3-8-19-16(25)20-14(24)11-27-17-22-21-15(23(17)9-10-26-2)12-4-6-13(18)7-5-12/h4-7H,3,8-11H2,1-2H3,(H2,19,20,24,25). The summed E-state index contributed by atoms with van der Waals surface area (Å²) in [6.45, 7) is 3.45. The molecule has 0 saturated heterocycles. The van der Waals surface area contributed by atoms with Crippen LogP contribution in [0, 0.1) is 0 Å². The lowest BCUT2D eigenvalue weighted by atomic mass is 10.2. The highest BCUT2D eigenvalue weighted by molar-refractivity contribution is 7.99. The molecule has 10 heteroatoms. The molecular formula is C17H22ClN5O3S. The van der Waals surface area contributed by atoms with Crippen molar-refractivity contribution in [1.82, 2.24) is 25.4 Å². The summed E-state index contributed by atoms with van der Waals surface area (Å²) in [5, 5.41) is 14.5. The molecule has 2 aromatic rings. The minimum atomic E-state index is -0.495. The van der Waals surface area contributed by atoms with Crippen LogP contribution in [-0.4, -0.2) is 52.7 Å². The van der Waals surface area contributed by atoms with Crippen molar-refractivity contribution < 1.29 is 14.3 Å². The van der Waals surface area contributed by atoms with Crippen molar-refractivity contribution in [3.05, 3.63) is 29.3 Å². The number of nitrogens with one attached hydrogen (secondary N) is 2. The topological polar surface area (TPSA) is 98.1 Å². The van der Waals surface area contributed by atoms with Gasteiger partial charge in [0.1, 0.15) is 0 Å². The van der Waals surface area contributed by atoms with E-state index < -0.39 is 11.9 Å². The van der Waals surface area contributed by atoms with Gasteiger partial charge in [-0.25, -0.2) is 4.79 Å². The highest BCUT2D eigenvalue weighted by atomic mass is 35.5. The molecule has 0 bridgehead atoms. The lowest BCUT2D eigenvalue weighted by Crippen LogP contribution is -2.40. The van der Waals surface area contributed by atoms with Gasteiger partial charge in [0, 0.05) is 24.2 Å². The summed E-state index contributed by atoms with van der Waals surface area (Å²) in [4.78, 5) is 23.5. The number of ether oxygens (including phenoxy) is 1. The van der Waals surface area contributed by atoms with Gasteiger partial charge in [-0.2, -0.15) is 0 Å². The number of halogens is 1. The Labute approximate surface area is 167 Å². The Morgan fingerprint density at radius 2 is 2.00 bits per heavy atom. The van der Waals surface area contributed by atoms with Crippen LogP contribution in [0.1, 0.15) is 13.3 Å². The molecule has 27 heavy (non-hydrogen) atoms. The van der Waals surface area contributed by atoms with Gasteiger partial charge in [0.15, 0.2) is 11.0 Å². The highest BCUT2D eigenvalue weighted by Gasteiger charge is 2.16. The monoisotopic (exact) mass is 411 g/mol. The van der Waals surface area contributed by atoms with Crippen LogP contribution in [0.15, 0.2) is 29.4 Å². The fourth-order valence-corrected chi connectivity index (χ4v) is 3.06. The zero-order chi connectivity index (χ0) is 19.6. The summed E-state index contributed by atoms with van der Waals surface area (Å²) >= 11 is 7.15. The third kappa shape index (κ3) is 6.53. The van der Waals surface area contributed by atoms with Crippen LogP contribution < -0.4 is 10.6 Å². The van der Waals surface area contributed by atoms with Gasteiger partial charge in [0.25, 0.3) is 0 Å². The number of hydrogen-bond acceptors (Lipinski definition) is 6. The number of hydrogen-bond donors (Lipinski definition) is 2. The number of imide groups is 1. The summed E-state index contributed by atoms with van der Waals surface area (Å²) in [5.41, 5.74) is 0.859. The molecule has 0 unspecified atom stereocenters. The van der Waals surface area contributed by atoms with E-state index in [0.717, 1.165) is 12.0 Å². The van der Waals surface area contributed by atoms with Gasteiger partial charge >= 0.3 is 6.03 Å². The lowest BCUT2D eigenvalue weighted by Gasteiger charge is -2.10. The molecule has 0 radical (unpaired) electrons. The first-order chi connectivity index (χ1) is 13.0. The van der Waals surface area contributed by atoms with E-state index in [1.807, 2.05) is 23.6 Å². The normalized spacial score (nSPS) is 10.6. The molecule has 2 N–H and O–H groups in total. The van der Waals surface area contributed by atoms with Crippen LogP contribution in [0.2, 0.25) is 5.02 Å². The fraction of sp³-hybridized carbons (Fsp3) is 0.412. The molecule has 0 fully saturated rings. The fourth-order valence-electron chi connectivity index (χ4n) is 2.17. The van der Waals surface area contributed by atoms with E-state index >= 15 is 0 Å². The van der Waals surface area contributed by atoms with Crippen molar-refractivity contribution in [2.45, 2.75) is 25.0 Å². The number of rotatable bonds is 9. The first-order valence-electron chi connectivity index (χ1n) is 8.43. The first kappa shape index (κ1) is 21.2. The Morgan fingerprint density at radius 1 is 1.26 bits per heavy atom. The average Bonchev–Trinajstić information content (AvgIpc) is 3.06. The minimum absolute atomic E-state index is 0.0469. The molecule has 2 rings (SSSR count). The van der Waals surface area contributed by atoms with E-state index in [1.165, 1.54) is 11.8 Å². The van der Waals surface area contributed by atoms with Crippen molar-refractivity contribution in [3.8, 4) is 11.4 Å². The van der Waals surface area contributed by atoms with Crippen molar-refractivity contribution >= 4 is 35.3 Å². The second-order valence-corrected chi connectivity index (χ2v) is 6.93. The molecule has 8 nitrogen and oxygen atoms in total. The number of carbonyl (C=O) groups excluding carboxylic acids is 2. The van der Waals surface area contributed by atoms with Gasteiger partial charge in [0.2, 0.25) is 5.91 Å². The SMILES string of the molecule is CCCNC(=O)NC(=O)CSc1nnc(-c2ccc(Cl)cc2)n1CCOC. The van der Waals surface area contributed by atoms with E-state index in [2.05, 4.69) is 20.8 Å². The van der Waals surface area contributed by atoms with Crippen molar-refractivity contribution in [2.75, 3.05) is 26.0 Å². The van der Waals surface area contributed by atoms with E-state index in [4.69, 9.17) is 16.3 Å². The predicted octanol–water partition coefficient (Wildman–Crippen LogP) is 2.57. The van der Waals surface area contributed by atoms with Gasteiger partial charge in [-0.15, -0.1) is 10.2 Å². The molecule has 0 atom stereocenters. The maximum atomic E-state index is 11.9. The smallest absolute Gasteiger partial charge is 0.321 e. The Kier molecular flexibility index (Phi) is 8.56. The Balaban J connectivity index is 2.06. The van der Waals surface area contributed by atoms with Crippen molar-refractivity contribution in [2.24, 2.45) is 0 Å². The molecule has 1 aromatic heterocycles. The molecular weight excluding hydrogens is 390 g/mol. The average molecular weight is 412 g/mol. The molecule has 1 heterocycles. The Morgan fingerprint density at radius 3 is 2.67 bits per heavy atom. The van der Waals surface area contributed by atoms with E-state index in [9.17, 15) is 9.59 Å². The van der Waals surface area contributed by atoms with Crippen LogP contribution >= 0.6 is 23.4 Å². The number of methoxy groups -OCH3 is 1. The molecule has 0 saturated carbocycles. The molecule has 146 valence electrons. The molecule has 0 aliphatic rings. The van der Waals surface area contributed by atoms with Gasteiger partial charge in [-0.3, -0.25) is 14.7 Å². The Hall–Kier alpha value is -2.10.